The number of guanidine groups is 1. The van der Waals surface area contributed by atoms with Crippen molar-refractivity contribution in [1.29, 1.82) is 0 Å². The fourth-order valence-corrected chi connectivity index (χ4v) is 2.54. The summed E-state index contributed by atoms with van der Waals surface area (Å²) in [6.45, 7) is 5.88. The first-order chi connectivity index (χ1) is 13.5. The van der Waals surface area contributed by atoms with Crippen LogP contribution in [-0.2, 0) is 13.1 Å². The fourth-order valence-electron chi connectivity index (χ4n) is 2.54. The normalized spacial score (nSPS) is 11.8. The van der Waals surface area contributed by atoms with Crippen molar-refractivity contribution >= 4 is 17.3 Å². The van der Waals surface area contributed by atoms with Crippen LogP contribution in [0.2, 0.25) is 0 Å². The predicted octanol–water partition coefficient (Wildman–Crippen LogP) is 2.53. The van der Waals surface area contributed by atoms with E-state index in [1.165, 1.54) is 12.1 Å². The van der Waals surface area contributed by atoms with Gasteiger partial charge in [-0.2, -0.15) is 0 Å². The number of nitro benzene ring substituents is 1. The van der Waals surface area contributed by atoms with Gasteiger partial charge in [0, 0.05) is 24.9 Å². The van der Waals surface area contributed by atoms with Gasteiger partial charge in [-0.1, -0.05) is 32.0 Å². The standard InChI is InChI=1S/C19H23N7O2/c1-14(2)11-20-19(21-12-15-6-8-16(9-7-15)26(27)28)22-13-18-24-23-17-5-3-4-10-25(17)18/h3-10,14H,11-13H2,1-2H3,(H2,20,21,22). The Morgan fingerprint density at radius 1 is 1.18 bits per heavy atom. The highest BCUT2D eigenvalue weighted by molar-refractivity contribution is 5.79. The van der Waals surface area contributed by atoms with Gasteiger partial charge in [0.15, 0.2) is 17.4 Å². The molecule has 0 aliphatic carbocycles. The van der Waals surface area contributed by atoms with Gasteiger partial charge < -0.3 is 10.6 Å². The van der Waals surface area contributed by atoms with Crippen molar-refractivity contribution in [1.82, 2.24) is 25.2 Å². The van der Waals surface area contributed by atoms with Gasteiger partial charge in [-0.25, -0.2) is 4.99 Å². The van der Waals surface area contributed by atoms with Crippen molar-refractivity contribution in [2.75, 3.05) is 6.54 Å². The van der Waals surface area contributed by atoms with Crippen LogP contribution >= 0.6 is 0 Å². The van der Waals surface area contributed by atoms with Crippen LogP contribution in [0, 0.1) is 16.0 Å². The average molecular weight is 381 g/mol. The smallest absolute Gasteiger partial charge is 0.269 e. The lowest BCUT2D eigenvalue weighted by Gasteiger charge is -2.13. The number of hydrogen-bond acceptors (Lipinski definition) is 5. The van der Waals surface area contributed by atoms with Crippen LogP contribution in [0.5, 0.6) is 0 Å². The van der Waals surface area contributed by atoms with Gasteiger partial charge in [0.1, 0.15) is 0 Å². The number of aliphatic imine (C=N–C) groups is 1. The van der Waals surface area contributed by atoms with E-state index in [1.54, 1.807) is 12.1 Å². The minimum atomic E-state index is -0.410. The van der Waals surface area contributed by atoms with Crippen molar-refractivity contribution in [3.8, 4) is 0 Å². The number of rotatable bonds is 7. The fraction of sp³-hybridized carbons (Fsp3) is 0.316. The van der Waals surface area contributed by atoms with Gasteiger partial charge in [-0.3, -0.25) is 14.5 Å². The molecule has 9 nitrogen and oxygen atoms in total. The number of aromatic nitrogens is 3. The van der Waals surface area contributed by atoms with Crippen LogP contribution in [0.15, 0.2) is 53.7 Å². The summed E-state index contributed by atoms with van der Waals surface area (Å²) < 4.78 is 1.92. The number of nitro groups is 1. The van der Waals surface area contributed by atoms with Gasteiger partial charge in [-0.15, -0.1) is 10.2 Å². The number of nitrogens with one attached hydrogen (secondary N) is 2. The Balaban J connectivity index is 1.68. The second-order valence-electron chi connectivity index (χ2n) is 6.76. The second-order valence-corrected chi connectivity index (χ2v) is 6.76. The third kappa shape index (κ3) is 5.03. The first-order valence-electron chi connectivity index (χ1n) is 9.07. The molecule has 2 aromatic heterocycles. The maximum absolute atomic E-state index is 10.8. The summed E-state index contributed by atoms with van der Waals surface area (Å²) in [7, 11) is 0. The number of fused-ring (bicyclic) bond motifs is 1. The van der Waals surface area contributed by atoms with Crippen molar-refractivity contribution in [2.45, 2.75) is 26.9 Å². The first kappa shape index (κ1) is 19.3. The van der Waals surface area contributed by atoms with Crippen LogP contribution < -0.4 is 10.6 Å². The van der Waals surface area contributed by atoms with Gasteiger partial charge in [0.25, 0.3) is 5.69 Å². The van der Waals surface area contributed by atoms with E-state index in [4.69, 9.17) is 0 Å². The maximum atomic E-state index is 10.8. The van der Waals surface area contributed by atoms with E-state index in [9.17, 15) is 10.1 Å². The van der Waals surface area contributed by atoms with Crippen LogP contribution in [0.1, 0.15) is 25.2 Å². The van der Waals surface area contributed by atoms with E-state index < -0.39 is 4.92 Å². The lowest BCUT2D eigenvalue weighted by molar-refractivity contribution is -0.384. The lowest BCUT2D eigenvalue weighted by Crippen LogP contribution is -2.39. The Hall–Kier alpha value is -3.49. The monoisotopic (exact) mass is 381 g/mol. The van der Waals surface area contributed by atoms with Crippen LogP contribution in [0.4, 0.5) is 5.69 Å². The summed E-state index contributed by atoms with van der Waals surface area (Å²) in [6.07, 6.45) is 1.92. The molecule has 0 aliphatic rings. The Kier molecular flexibility index (Phi) is 6.15. The molecule has 0 spiro atoms. The SMILES string of the molecule is CC(C)CNC(=NCc1ccc([N+](=O)[O-])cc1)NCc1nnc2ccccn12. The largest absolute Gasteiger partial charge is 0.356 e. The number of non-ortho nitro benzene ring substituents is 1. The lowest BCUT2D eigenvalue weighted by atomic mass is 10.2. The van der Waals surface area contributed by atoms with Crippen molar-refractivity contribution in [3.63, 3.8) is 0 Å². The summed E-state index contributed by atoms with van der Waals surface area (Å²) in [6, 6.07) is 12.2. The van der Waals surface area contributed by atoms with Gasteiger partial charge in [0.2, 0.25) is 0 Å². The Morgan fingerprint density at radius 2 is 1.96 bits per heavy atom. The molecule has 0 saturated carbocycles. The van der Waals surface area contributed by atoms with E-state index in [1.807, 2.05) is 28.8 Å². The molecule has 0 atom stereocenters. The van der Waals surface area contributed by atoms with Gasteiger partial charge in [0.05, 0.1) is 18.0 Å². The summed E-state index contributed by atoms with van der Waals surface area (Å²) in [5.41, 5.74) is 1.76. The summed E-state index contributed by atoms with van der Waals surface area (Å²) in [5.74, 6) is 1.89. The first-order valence-corrected chi connectivity index (χ1v) is 9.07. The third-order valence-electron chi connectivity index (χ3n) is 4.04. The number of hydrogen-bond donors (Lipinski definition) is 2. The number of nitrogens with zero attached hydrogens (tertiary/aromatic N) is 5. The molecule has 0 unspecified atom stereocenters. The molecule has 3 rings (SSSR count). The van der Waals surface area contributed by atoms with E-state index in [-0.39, 0.29) is 5.69 Å². The predicted molar refractivity (Wildman–Crippen MR) is 107 cm³/mol. The topological polar surface area (TPSA) is 110 Å². The van der Waals surface area contributed by atoms with Gasteiger partial charge in [-0.05, 0) is 23.6 Å². The summed E-state index contributed by atoms with van der Waals surface area (Å²) >= 11 is 0. The van der Waals surface area contributed by atoms with E-state index in [2.05, 4.69) is 39.7 Å². The molecule has 28 heavy (non-hydrogen) atoms. The number of benzene rings is 1. The molecule has 1 aromatic carbocycles. The molecule has 146 valence electrons. The van der Waals surface area contributed by atoms with Crippen LogP contribution in [-0.4, -0.2) is 32.0 Å². The van der Waals surface area contributed by atoms with Crippen LogP contribution in [0.3, 0.4) is 0 Å². The highest BCUT2D eigenvalue weighted by Gasteiger charge is 2.07. The van der Waals surface area contributed by atoms with Crippen molar-refractivity contribution in [2.24, 2.45) is 10.9 Å². The molecule has 0 bridgehead atoms. The van der Waals surface area contributed by atoms with Crippen molar-refractivity contribution < 1.29 is 4.92 Å². The van der Waals surface area contributed by atoms with E-state index in [0.29, 0.717) is 25.0 Å². The zero-order chi connectivity index (χ0) is 19.9. The second kappa shape index (κ2) is 8.94. The zero-order valence-electron chi connectivity index (χ0n) is 15.9. The van der Waals surface area contributed by atoms with Crippen molar-refractivity contribution in [3.05, 3.63) is 70.2 Å². The third-order valence-corrected chi connectivity index (χ3v) is 4.04. The highest BCUT2D eigenvalue weighted by Crippen LogP contribution is 2.12. The Bertz CT molecular complexity index is 964. The van der Waals surface area contributed by atoms with E-state index >= 15 is 0 Å². The van der Waals surface area contributed by atoms with Gasteiger partial charge >= 0.3 is 0 Å². The quantitative estimate of drug-likeness (QED) is 0.282. The minimum absolute atomic E-state index is 0.0719. The molecule has 0 saturated heterocycles. The zero-order valence-corrected chi connectivity index (χ0v) is 15.9. The molecule has 2 heterocycles. The molecular weight excluding hydrogens is 358 g/mol. The van der Waals surface area contributed by atoms with Crippen LogP contribution in [0.25, 0.3) is 5.65 Å². The Labute approximate surface area is 162 Å². The average Bonchev–Trinajstić information content (AvgIpc) is 3.11. The highest BCUT2D eigenvalue weighted by atomic mass is 16.6. The summed E-state index contributed by atoms with van der Waals surface area (Å²) in [4.78, 5) is 14.9. The summed E-state index contributed by atoms with van der Waals surface area (Å²) in [5, 5.41) is 25.7. The molecule has 9 heteroatoms. The molecular formula is C19H23N7O2. The Morgan fingerprint density at radius 3 is 2.68 bits per heavy atom. The minimum Gasteiger partial charge on any atom is -0.356 e. The molecule has 3 aromatic rings. The molecule has 2 N–H and O–H groups in total. The molecule has 0 amide bonds. The maximum Gasteiger partial charge on any atom is 0.269 e. The number of pyridine rings is 1. The molecule has 0 fully saturated rings. The molecule has 0 aliphatic heterocycles. The molecule has 0 radical (unpaired) electrons. The van der Waals surface area contributed by atoms with E-state index in [0.717, 1.165) is 23.6 Å².